The number of benzene rings is 17. The Labute approximate surface area is 806 Å². The molecule has 656 valence electrons. The van der Waals surface area contributed by atoms with Gasteiger partial charge in [0.05, 0.1) is 54.5 Å². The van der Waals surface area contributed by atoms with E-state index < -0.39 is 0 Å². The molecule has 0 radical (unpaired) electrons. The van der Waals surface area contributed by atoms with Crippen LogP contribution in [0.25, 0.3) is 219 Å². The second kappa shape index (κ2) is 33.7. The number of para-hydroxylation sites is 10. The summed E-state index contributed by atoms with van der Waals surface area (Å²) >= 11 is 1.86. The Morgan fingerprint density at radius 3 is 1.19 bits per heavy atom. The Morgan fingerprint density at radius 1 is 0.221 bits per heavy atom. The Bertz CT molecular complexity index is 9940. The maximum absolute atomic E-state index is 6.15. The molecule has 29 rings (SSSR count). The number of nitrogens with zero attached hydrogens (tertiary/aromatic N) is 12. The molecule has 0 N–H and O–H groups in total. The van der Waals surface area contributed by atoms with Gasteiger partial charge in [-0.1, -0.05) is 249 Å². The third kappa shape index (κ3) is 13.7. The van der Waals surface area contributed by atoms with E-state index >= 15 is 0 Å². The van der Waals surface area contributed by atoms with E-state index in [0.717, 1.165) is 151 Å². The highest BCUT2D eigenvalue weighted by Crippen LogP contribution is 2.49. The zero-order valence-electron chi connectivity index (χ0n) is 75.4. The molecular weight excluding hydrogens is 1730 g/mol. The zero-order chi connectivity index (χ0) is 92.2. The Hall–Kier alpha value is -18.8. The molecule has 0 saturated carbocycles. The predicted octanol–water partition coefficient (Wildman–Crippen LogP) is 33.5. The van der Waals surface area contributed by atoms with Gasteiger partial charge in [-0.05, 0) is 241 Å². The van der Waals surface area contributed by atoms with Crippen molar-refractivity contribution >= 4 is 208 Å². The van der Waals surface area contributed by atoms with Crippen LogP contribution in [0, 0.1) is 0 Å². The number of thiophene rings is 1. The van der Waals surface area contributed by atoms with Crippen molar-refractivity contribution in [3.05, 3.63) is 486 Å². The van der Waals surface area contributed by atoms with Gasteiger partial charge in [-0.2, -0.15) is 0 Å². The number of fused-ring (bicyclic) bond motifs is 21. The summed E-state index contributed by atoms with van der Waals surface area (Å²) in [5.74, 6) is 2.57. The Kier molecular flexibility index (Phi) is 19.5. The van der Waals surface area contributed by atoms with Gasteiger partial charge in [0, 0.05) is 149 Å². The Balaban J connectivity index is 0.000000106. The summed E-state index contributed by atoms with van der Waals surface area (Å²) < 4.78 is 17.9. The standard InChI is InChI=1S/C44H28N4O.C44H28N4S.C38H24N4/c1-2-11-31(12-3-1)47(33-24-25-41-38(28-33)36-14-5-7-18-40(36)49-41)32-22-19-29(20-23-32)34-15-8-16-37-35-13-4-6-17-39(35)48(43(34)37)42-26-21-30-10-9-27-45-44(30)46-42;1-2-11-32(12-3-1)47(40-17-8-15-36-35-14-5-7-18-41(35)49-43(36)40)33-23-19-29(20-24-33)31-21-25-39-37(28-31)34-13-4-6-16-38(34)48(39)42-26-22-30-10-9-27-45-44(30)46-42;1-2-11-27(12-3-1)41-33-17-6-5-14-30(33)32-24-26(19-21-35(32)41)28-15-8-16-31-29-13-4-7-18-34(29)42(37(28)31)36-22-20-25-10-9-23-39-38(25)40-36/h2*1-28H;1-24H. The summed E-state index contributed by atoms with van der Waals surface area (Å²) in [4.78, 5) is 33.3. The molecule has 17 aromatic carbocycles. The molecule has 29 aromatic rings. The average molecular weight is 1810 g/mol. The molecule has 0 fully saturated rings. The van der Waals surface area contributed by atoms with Crippen LogP contribution < -0.4 is 9.80 Å². The number of furan rings is 1. The first-order valence-electron chi connectivity index (χ1n) is 47.0. The number of pyridine rings is 6. The molecule has 140 heavy (non-hydrogen) atoms. The number of hydrogen-bond acceptors (Lipinski definition) is 10. The summed E-state index contributed by atoms with van der Waals surface area (Å²) in [5.41, 5.74) is 27.9. The van der Waals surface area contributed by atoms with Gasteiger partial charge in [0.2, 0.25) is 0 Å². The van der Waals surface area contributed by atoms with E-state index in [0.29, 0.717) is 0 Å². The van der Waals surface area contributed by atoms with Crippen LogP contribution >= 0.6 is 11.3 Å². The van der Waals surface area contributed by atoms with Crippen molar-refractivity contribution < 1.29 is 4.42 Å². The van der Waals surface area contributed by atoms with Gasteiger partial charge in [0.25, 0.3) is 0 Å². The topological polar surface area (TPSA) is 117 Å². The number of anilines is 6. The van der Waals surface area contributed by atoms with E-state index in [1.54, 1.807) is 18.6 Å². The van der Waals surface area contributed by atoms with Gasteiger partial charge >= 0.3 is 0 Å². The fraction of sp³-hybridized carbons (Fsp3) is 0. The van der Waals surface area contributed by atoms with Crippen LogP contribution in [-0.4, -0.2) is 48.2 Å². The normalized spacial score (nSPS) is 11.7. The average Bonchev–Trinajstić information content (AvgIpc) is 1.57. The lowest BCUT2D eigenvalue weighted by Gasteiger charge is -2.26. The SMILES string of the molecule is c1ccc(-n2c3ccccc3c3cc(-c4cccc5c6ccccc6n(-c6ccc7cccnc7n6)c45)ccc32)cc1.c1ccc(N(c2ccc(-c3ccc4c(c3)c3ccccc3n4-c3ccc4cccnc4n3)cc2)c2cccc3c2sc2ccccc23)cc1.c1ccc(N(c2ccc(-c3cccc4c5ccccc5n(-c5ccc6cccnc6n5)c34)cc2)c2ccc3oc4ccccc4c3c2)cc1. The van der Waals surface area contributed by atoms with Crippen LogP contribution in [0.1, 0.15) is 0 Å². The molecule has 0 amide bonds. The van der Waals surface area contributed by atoms with Crippen LogP contribution in [0.15, 0.2) is 490 Å². The molecule has 0 bridgehead atoms. The first-order chi connectivity index (χ1) is 69.4. The summed E-state index contributed by atoms with van der Waals surface area (Å²) in [5, 5.41) is 17.6. The van der Waals surface area contributed by atoms with Crippen molar-refractivity contribution in [1.82, 2.24) is 48.2 Å². The van der Waals surface area contributed by atoms with Crippen LogP contribution in [0.4, 0.5) is 34.1 Å². The second-order valence-corrected chi connectivity index (χ2v) is 36.3. The van der Waals surface area contributed by atoms with Gasteiger partial charge in [-0.15, -0.1) is 11.3 Å². The fourth-order valence-electron chi connectivity index (χ4n) is 21.0. The molecule has 0 atom stereocenters. The molecule has 14 heteroatoms. The van der Waals surface area contributed by atoms with Crippen molar-refractivity contribution in [2.24, 2.45) is 0 Å². The second-order valence-electron chi connectivity index (χ2n) is 35.2. The van der Waals surface area contributed by atoms with Crippen LogP contribution in [-0.2, 0) is 0 Å². The highest BCUT2D eigenvalue weighted by molar-refractivity contribution is 7.26. The van der Waals surface area contributed by atoms with Crippen molar-refractivity contribution in [2.75, 3.05) is 9.80 Å². The summed E-state index contributed by atoms with van der Waals surface area (Å²) in [6.07, 6.45) is 5.40. The van der Waals surface area contributed by atoms with Crippen LogP contribution in [0.2, 0.25) is 0 Å². The molecule has 0 spiro atoms. The van der Waals surface area contributed by atoms with Crippen molar-refractivity contribution in [3.8, 4) is 56.5 Å². The van der Waals surface area contributed by atoms with Gasteiger partial charge in [-0.25, -0.2) is 29.9 Å². The third-order valence-corrected chi connectivity index (χ3v) is 28.5. The van der Waals surface area contributed by atoms with Crippen LogP contribution in [0.3, 0.4) is 0 Å². The van der Waals surface area contributed by atoms with Gasteiger partial charge in [0.15, 0.2) is 16.9 Å². The smallest absolute Gasteiger partial charge is 0.161 e. The minimum Gasteiger partial charge on any atom is -0.456 e. The molecule has 0 saturated heterocycles. The van der Waals surface area contributed by atoms with E-state index in [9.17, 15) is 0 Å². The van der Waals surface area contributed by atoms with E-state index in [-0.39, 0.29) is 0 Å². The molecule has 0 aliphatic heterocycles. The minimum absolute atomic E-state index is 0.732. The summed E-state index contributed by atoms with van der Waals surface area (Å²) in [6.45, 7) is 0. The van der Waals surface area contributed by atoms with Crippen molar-refractivity contribution in [2.45, 2.75) is 0 Å². The number of aromatic nitrogens is 10. The fourth-order valence-corrected chi connectivity index (χ4v) is 22.2. The van der Waals surface area contributed by atoms with E-state index in [4.69, 9.17) is 19.4 Å². The molecule has 0 unspecified atom stereocenters. The maximum atomic E-state index is 6.15. The van der Waals surface area contributed by atoms with Crippen molar-refractivity contribution in [3.63, 3.8) is 0 Å². The van der Waals surface area contributed by atoms with Crippen LogP contribution in [0.5, 0.6) is 0 Å². The lowest BCUT2D eigenvalue weighted by atomic mass is 10.00. The van der Waals surface area contributed by atoms with Gasteiger partial charge < -0.3 is 18.8 Å². The number of hydrogen-bond donors (Lipinski definition) is 0. The minimum atomic E-state index is 0.732. The first-order valence-corrected chi connectivity index (χ1v) is 47.8. The van der Waals surface area contributed by atoms with E-state index in [1.165, 1.54) is 102 Å². The van der Waals surface area contributed by atoms with E-state index in [2.05, 4.69) is 468 Å². The molecule has 13 nitrogen and oxygen atoms in total. The van der Waals surface area contributed by atoms with E-state index in [1.807, 2.05) is 53.8 Å². The predicted molar refractivity (Wildman–Crippen MR) is 582 cm³/mol. The van der Waals surface area contributed by atoms with Gasteiger partial charge in [0.1, 0.15) is 28.6 Å². The summed E-state index contributed by atoms with van der Waals surface area (Å²) in [7, 11) is 0. The highest BCUT2D eigenvalue weighted by atomic mass is 32.1. The summed E-state index contributed by atoms with van der Waals surface area (Å²) in [6, 6.07) is 165. The first kappa shape index (κ1) is 80.9. The number of rotatable bonds is 13. The lowest BCUT2D eigenvalue weighted by molar-refractivity contribution is 0.669. The monoisotopic (exact) mass is 1810 g/mol. The lowest BCUT2D eigenvalue weighted by Crippen LogP contribution is -2.09. The third-order valence-electron chi connectivity index (χ3n) is 27.3. The highest BCUT2D eigenvalue weighted by Gasteiger charge is 2.26. The molecule has 12 aromatic heterocycles. The quantitative estimate of drug-likeness (QED) is 0.111. The maximum Gasteiger partial charge on any atom is 0.161 e. The van der Waals surface area contributed by atoms with Gasteiger partial charge in [-0.3, -0.25) is 13.7 Å². The molecular formula is C126H80N12OS. The molecule has 0 aliphatic rings. The Morgan fingerprint density at radius 2 is 0.614 bits per heavy atom. The van der Waals surface area contributed by atoms with Crippen molar-refractivity contribution in [1.29, 1.82) is 0 Å². The zero-order valence-corrected chi connectivity index (χ0v) is 76.2. The largest absolute Gasteiger partial charge is 0.456 e. The molecule has 0 aliphatic carbocycles. The molecule has 12 heterocycles.